The number of carboxylic acid groups (broad SMARTS) is 1. The molecule has 0 saturated heterocycles. The third-order valence-corrected chi connectivity index (χ3v) is 2.74. The maximum atomic E-state index is 11.1. The van der Waals surface area contributed by atoms with E-state index in [1.807, 2.05) is 13.8 Å². The summed E-state index contributed by atoms with van der Waals surface area (Å²) in [6, 6.07) is 3.19. The summed E-state index contributed by atoms with van der Waals surface area (Å²) in [5.74, 6) is 2.47. The lowest BCUT2D eigenvalue weighted by molar-refractivity contribution is 0.0696. The molecule has 0 fully saturated rings. The Kier molecular flexibility index (Phi) is 5.87. The van der Waals surface area contributed by atoms with E-state index in [9.17, 15) is 4.79 Å². The number of rotatable bonds is 7. The van der Waals surface area contributed by atoms with Gasteiger partial charge in [0.05, 0.1) is 5.56 Å². The van der Waals surface area contributed by atoms with Crippen molar-refractivity contribution in [2.75, 3.05) is 11.9 Å². The zero-order chi connectivity index (χ0) is 14.3. The first-order valence-electron chi connectivity index (χ1n) is 6.47. The number of hydrogen-bond acceptors (Lipinski definition) is 3. The normalized spacial score (nSPS) is 10.2. The van der Waals surface area contributed by atoms with Crippen LogP contribution in [0.3, 0.4) is 0 Å². The third kappa shape index (κ3) is 5.01. The van der Waals surface area contributed by atoms with Crippen LogP contribution in [-0.4, -0.2) is 22.6 Å². The van der Waals surface area contributed by atoms with Crippen molar-refractivity contribution in [2.45, 2.75) is 39.0 Å². The molecule has 0 spiro atoms. The van der Waals surface area contributed by atoms with Crippen molar-refractivity contribution in [3.05, 3.63) is 23.4 Å². The van der Waals surface area contributed by atoms with Crippen LogP contribution >= 0.6 is 0 Å². The van der Waals surface area contributed by atoms with Crippen LogP contribution in [-0.2, 0) is 0 Å². The Morgan fingerprint density at radius 2 is 2.21 bits per heavy atom. The maximum absolute atomic E-state index is 11.1. The molecule has 0 aliphatic rings. The predicted octanol–water partition coefficient (Wildman–Crippen LogP) is 3.12. The van der Waals surface area contributed by atoms with Gasteiger partial charge in [-0.05, 0) is 30.9 Å². The summed E-state index contributed by atoms with van der Waals surface area (Å²) >= 11 is 0. The fraction of sp³-hybridized carbons (Fsp3) is 0.467. The molecule has 0 amide bonds. The molecule has 0 atom stereocenters. The molecule has 0 unspecified atom stereocenters. The molecule has 1 heterocycles. The average molecular weight is 260 g/mol. The zero-order valence-corrected chi connectivity index (χ0v) is 11.4. The van der Waals surface area contributed by atoms with E-state index in [2.05, 4.69) is 16.2 Å². The smallest absolute Gasteiger partial charge is 0.335 e. The molecule has 19 heavy (non-hydrogen) atoms. The topological polar surface area (TPSA) is 62.2 Å². The molecule has 2 N–H and O–H groups in total. The number of nitrogens with zero attached hydrogens (tertiary/aromatic N) is 1. The highest BCUT2D eigenvalue weighted by Gasteiger charge is 2.10. The van der Waals surface area contributed by atoms with Gasteiger partial charge in [-0.2, -0.15) is 0 Å². The number of pyridine rings is 1. The minimum Gasteiger partial charge on any atom is -0.478 e. The van der Waals surface area contributed by atoms with E-state index in [1.165, 1.54) is 0 Å². The number of aromatic carboxylic acids is 1. The first-order valence-corrected chi connectivity index (χ1v) is 6.47. The van der Waals surface area contributed by atoms with Gasteiger partial charge in [-0.15, -0.1) is 12.3 Å². The summed E-state index contributed by atoms with van der Waals surface area (Å²) < 4.78 is 0. The SMILES string of the molecule is C#CCCCCNc1cc(C(=O)O)cc(C(C)C)n1. The fourth-order valence-corrected chi connectivity index (χ4v) is 1.63. The molecule has 4 nitrogen and oxygen atoms in total. The average Bonchev–Trinajstić information content (AvgIpc) is 2.38. The molecule has 0 radical (unpaired) electrons. The first-order chi connectivity index (χ1) is 9.04. The van der Waals surface area contributed by atoms with Crippen LogP contribution in [0.1, 0.15) is 55.1 Å². The van der Waals surface area contributed by atoms with Gasteiger partial charge in [-0.25, -0.2) is 9.78 Å². The van der Waals surface area contributed by atoms with Gasteiger partial charge in [0.15, 0.2) is 0 Å². The van der Waals surface area contributed by atoms with Crippen molar-refractivity contribution in [1.29, 1.82) is 0 Å². The number of aromatic nitrogens is 1. The van der Waals surface area contributed by atoms with Crippen LogP contribution in [0.15, 0.2) is 12.1 Å². The molecule has 4 heteroatoms. The summed E-state index contributed by atoms with van der Waals surface area (Å²) in [4.78, 5) is 15.5. The first kappa shape index (κ1) is 15.0. The minimum atomic E-state index is -0.931. The van der Waals surface area contributed by atoms with Crippen LogP contribution in [0.4, 0.5) is 5.82 Å². The molecule has 0 aliphatic heterocycles. The molecular formula is C15H20N2O2. The van der Waals surface area contributed by atoms with Gasteiger partial charge >= 0.3 is 5.97 Å². The molecule has 1 rings (SSSR count). The molecule has 1 aromatic rings. The van der Waals surface area contributed by atoms with E-state index in [4.69, 9.17) is 11.5 Å². The molecule has 1 aromatic heterocycles. The van der Waals surface area contributed by atoms with Crippen molar-refractivity contribution < 1.29 is 9.90 Å². The van der Waals surface area contributed by atoms with E-state index >= 15 is 0 Å². The molecule has 0 aliphatic carbocycles. The monoisotopic (exact) mass is 260 g/mol. The predicted molar refractivity (Wildman–Crippen MR) is 76.5 cm³/mol. The van der Waals surface area contributed by atoms with Crippen LogP contribution < -0.4 is 5.32 Å². The maximum Gasteiger partial charge on any atom is 0.335 e. The molecule has 0 saturated carbocycles. The molecule has 102 valence electrons. The van der Waals surface area contributed by atoms with Gasteiger partial charge in [-0.1, -0.05) is 13.8 Å². The second kappa shape index (κ2) is 7.42. The highest BCUT2D eigenvalue weighted by atomic mass is 16.4. The summed E-state index contributed by atoms with van der Waals surface area (Å²) in [7, 11) is 0. The third-order valence-electron chi connectivity index (χ3n) is 2.74. The minimum absolute atomic E-state index is 0.196. The van der Waals surface area contributed by atoms with Crippen molar-refractivity contribution >= 4 is 11.8 Å². The van der Waals surface area contributed by atoms with Gasteiger partial charge in [0, 0.05) is 18.7 Å². The lowest BCUT2D eigenvalue weighted by Crippen LogP contribution is -2.08. The Labute approximate surface area is 114 Å². The summed E-state index contributed by atoms with van der Waals surface area (Å²) in [5, 5.41) is 12.2. The lowest BCUT2D eigenvalue weighted by Gasteiger charge is -2.11. The fourth-order valence-electron chi connectivity index (χ4n) is 1.63. The number of terminal acetylenes is 1. The van der Waals surface area contributed by atoms with Crippen LogP contribution in [0.2, 0.25) is 0 Å². The van der Waals surface area contributed by atoms with E-state index in [1.54, 1.807) is 12.1 Å². The summed E-state index contributed by atoms with van der Waals surface area (Å²) in [6.07, 6.45) is 7.85. The largest absolute Gasteiger partial charge is 0.478 e. The van der Waals surface area contributed by atoms with E-state index < -0.39 is 5.97 Å². The van der Waals surface area contributed by atoms with Crippen molar-refractivity contribution in [3.63, 3.8) is 0 Å². The van der Waals surface area contributed by atoms with Gasteiger partial charge in [0.25, 0.3) is 0 Å². The molecule has 0 bridgehead atoms. The van der Waals surface area contributed by atoms with Crippen LogP contribution in [0, 0.1) is 12.3 Å². The number of nitrogens with one attached hydrogen (secondary N) is 1. The van der Waals surface area contributed by atoms with Gasteiger partial charge in [0.2, 0.25) is 0 Å². The number of carbonyl (C=O) groups is 1. The van der Waals surface area contributed by atoms with Gasteiger partial charge in [0.1, 0.15) is 5.82 Å². The highest BCUT2D eigenvalue weighted by Crippen LogP contribution is 2.17. The Balaban J connectivity index is 2.71. The zero-order valence-electron chi connectivity index (χ0n) is 11.4. The van der Waals surface area contributed by atoms with Crippen LogP contribution in [0.5, 0.6) is 0 Å². The van der Waals surface area contributed by atoms with Crippen molar-refractivity contribution in [2.24, 2.45) is 0 Å². The van der Waals surface area contributed by atoms with Crippen LogP contribution in [0.25, 0.3) is 0 Å². The Bertz CT molecular complexity index is 476. The second-order valence-electron chi connectivity index (χ2n) is 4.71. The van der Waals surface area contributed by atoms with E-state index in [-0.39, 0.29) is 11.5 Å². The number of hydrogen-bond donors (Lipinski definition) is 2. The second-order valence-corrected chi connectivity index (χ2v) is 4.71. The molecular weight excluding hydrogens is 240 g/mol. The Morgan fingerprint density at radius 3 is 2.79 bits per heavy atom. The van der Waals surface area contributed by atoms with E-state index in [0.29, 0.717) is 5.82 Å². The quantitative estimate of drug-likeness (QED) is 0.584. The summed E-state index contributed by atoms with van der Waals surface area (Å²) in [5.41, 5.74) is 1.05. The highest BCUT2D eigenvalue weighted by molar-refractivity contribution is 5.88. The van der Waals surface area contributed by atoms with Gasteiger partial charge < -0.3 is 10.4 Å². The van der Waals surface area contributed by atoms with Crippen molar-refractivity contribution in [1.82, 2.24) is 4.98 Å². The van der Waals surface area contributed by atoms with E-state index in [0.717, 1.165) is 31.5 Å². The standard InChI is InChI=1S/C15H20N2O2/c1-4-5-6-7-8-16-14-10-12(15(18)19)9-13(17-14)11(2)3/h1,9-11H,5-8H2,2-3H3,(H,16,17)(H,18,19). The summed E-state index contributed by atoms with van der Waals surface area (Å²) in [6.45, 7) is 4.73. The molecule has 0 aromatic carbocycles. The number of anilines is 1. The van der Waals surface area contributed by atoms with Gasteiger partial charge in [-0.3, -0.25) is 0 Å². The Morgan fingerprint density at radius 1 is 1.47 bits per heavy atom. The number of carboxylic acids is 1. The Hall–Kier alpha value is -2.02. The van der Waals surface area contributed by atoms with Crippen molar-refractivity contribution in [3.8, 4) is 12.3 Å². The lowest BCUT2D eigenvalue weighted by atomic mass is 10.1. The number of unbranched alkanes of at least 4 members (excludes halogenated alkanes) is 2.